The van der Waals surface area contributed by atoms with Crippen LogP contribution in [0.5, 0.6) is 5.75 Å². The number of nitrogens with zero attached hydrogens (tertiary/aromatic N) is 3. The third kappa shape index (κ3) is 5.64. The molecule has 34 heavy (non-hydrogen) atoms. The molecule has 0 saturated carbocycles. The SMILES string of the molecule is O=C(NN=Cc1cccc([N+](=O)[O-])c1)c1cc(-c2ccccc2OCc2ccc(Cl)cc2)n[nH]1. The van der Waals surface area contributed by atoms with Crippen molar-refractivity contribution < 1.29 is 14.5 Å². The Morgan fingerprint density at radius 2 is 1.91 bits per heavy atom. The zero-order valence-electron chi connectivity index (χ0n) is 17.6. The molecule has 10 heteroatoms. The number of nitrogens with one attached hydrogen (secondary N) is 2. The van der Waals surface area contributed by atoms with Crippen LogP contribution in [0.25, 0.3) is 11.3 Å². The minimum absolute atomic E-state index is 0.0644. The molecule has 0 unspecified atom stereocenters. The Labute approximate surface area is 199 Å². The number of rotatable bonds is 8. The van der Waals surface area contributed by atoms with E-state index in [1.54, 1.807) is 24.3 Å². The first-order valence-corrected chi connectivity index (χ1v) is 10.5. The van der Waals surface area contributed by atoms with Crippen LogP contribution in [-0.4, -0.2) is 27.2 Å². The number of amides is 1. The van der Waals surface area contributed by atoms with Gasteiger partial charge in [-0.3, -0.25) is 20.0 Å². The van der Waals surface area contributed by atoms with Gasteiger partial charge in [0.05, 0.1) is 16.8 Å². The van der Waals surface area contributed by atoms with Crippen LogP contribution in [0.4, 0.5) is 5.69 Å². The van der Waals surface area contributed by atoms with E-state index >= 15 is 0 Å². The summed E-state index contributed by atoms with van der Waals surface area (Å²) in [5.41, 5.74) is 5.18. The quantitative estimate of drug-likeness (QED) is 0.211. The van der Waals surface area contributed by atoms with Gasteiger partial charge in [0.15, 0.2) is 0 Å². The maximum atomic E-state index is 12.4. The van der Waals surface area contributed by atoms with Crippen molar-refractivity contribution in [2.75, 3.05) is 0 Å². The molecule has 0 aliphatic heterocycles. The van der Waals surface area contributed by atoms with Gasteiger partial charge in [0.1, 0.15) is 18.1 Å². The first-order chi connectivity index (χ1) is 16.5. The summed E-state index contributed by atoms with van der Waals surface area (Å²) >= 11 is 5.92. The lowest BCUT2D eigenvalue weighted by molar-refractivity contribution is -0.384. The average molecular weight is 476 g/mol. The van der Waals surface area contributed by atoms with Crippen molar-refractivity contribution in [1.29, 1.82) is 0 Å². The van der Waals surface area contributed by atoms with Crippen molar-refractivity contribution in [2.24, 2.45) is 5.10 Å². The predicted molar refractivity (Wildman–Crippen MR) is 128 cm³/mol. The number of hydrogen-bond acceptors (Lipinski definition) is 6. The number of benzene rings is 3. The Kier molecular flexibility index (Phi) is 6.95. The van der Waals surface area contributed by atoms with Crippen molar-refractivity contribution in [3.05, 3.63) is 111 Å². The van der Waals surface area contributed by atoms with Gasteiger partial charge in [0.2, 0.25) is 0 Å². The predicted octanol–water partition coefficient (Wildman–Crippen LogP) is 4.98. The van der Waals surface area contributed by atoms with Crippen molar-refractivity contribution in [3.8, 4) is 17.0 Å². The smallest absolute Gasteiger partial charge is 0.289 e. The number of para-hydroxylation sites is 1. The molecule has 0 bridgehead atoms. The van der Waals surface area contributed by atoms with E-state index in [1.807, 2.05) is 36.4 Å². The monoisotopic (exact) mass is 475 g/mol. The van der Waals surface area contributed by atoms with Gasteiger partial charge in [0.25, 0.3) is 11.6 Å². The summed E-state index contributed by atoms with van der Waals surface area (Å²) in [5.74, 6) is 0.0968. The highest BCUT2D eigenvalue weighted by Crippen LogP contribution is 2.29. The number of hydrogen-bond donors (Lipinski definition) is 2. The van der Waals surface area contributed by atoms with Gasteiger partial charge >= 0.3 is 0 Å². The zero-order chi connectivity index (χ0) is 23.9. The summed E-state index contributed by atoms with van der Waals surface area (Å²) in [5, 5.41) is 22.3. The highest BCUT2D eigenvalue weighted by atomic mass is 35.5. The number of halogens is 1. The standard InChI is InChI=1S/C24H18ClN5O4/c25-18-10-8-16(9-11-18)15-34-23-7-2-1-6-20(23)21-13-22(28-27-21)24(31)29-26-14-17-4-3-5-19(12-17)30(32)33/h1-14H,15H2,(H,27,28)(H,29,31). The fourth-order valence-corrected chi connectivity index (χ4v) is 3.19. The molecule has 0 spiro atoms. The molecule has 1 amide bonds. The molecule has 0 radical (unpaired) electrons. The van der Waals surface area contributed by atoms with Gasteiger partial charge in [-0.15, -0.1) is 0 Å². The second-order valence-corrected chi connectivity index (χ2v) is 7.57. The Morgan fingerprint density at radius 1 is 1.12 bits per heavy atom. The van der Waals surface area contributed by atoms with E-state index in [9.17, 15) is 14.9 Å². The molecule has 1 heterocycles. The Morgan fingerprint density at radius 3 is 2.71 bits per heavy atom. The van der Waals surface area contributed by atoms with Gasteiger partial charge in [-0.1, -0.05) is 48.0 Å². The average Bonchev–Trinajstić information content (AvgIpc) is 3.34. The summed E-state index contributed by atoms with van der Waals surface area (Å²) in [7, 11) is 0. The number of carbonyl (C=O) groups excluding carboxylic acids is 1. The highest BCUT2D eigenvalue weighted by molar-refractivity contribution is 6.30. The number of nitro benzene ring substituents is 1. The number of hydrazone groups is 1. The third-order valence-electron chi connectivity index (χ3n) is 4.75. The number of H-pyrrole nitrogens is 1. The fraction of sp³-hybridized carbons (Fsp3) is 0.0417. The molecule has 9 nitrogen and oxygen atoms in total. The van der Waals surface area contributed by atoms with Crippen LogP contribution < -0.4 is 10.2 Å². The van der Waals surface area contributed by atoms with Gasteiger partial charge in [-0.25, -0.2) is 5.43 Å². The van der Waals surface area contributed by atoms with Crippen LogP contribution in [-0.2, 0) is 6.61 Å². The molecule has 0 aliphatic carbocycles. The van der Waals surface area contributed by atoms with Crippen LogP contribution in [0.15, 0.2) is 84.0 Å². The normalized spacial score (nSPS) is 10.9. The number of carbonyl (C=O) groups is 1. The van der Waals surface area contributed by atoms with Crippen LogP contribution in [0.1, 0.15) is 21.6 Å². The summed E-state index contributed by atoms with van der Waals surface area (Å²) in [6.07, 6.45) is 1.32. The molecule has 4 rings (SSSR count). The topological polar surface area (TPSA) is 123 Å². The van der Waals surface area contributed by atoms with Crippen molar-refractivity contribution >= 4 is 29.4 Å². The van der Waals surface area contributed by atoms with Gasteiger partial charge in [-0.05, 0) is 35.9 Å². The molecule has 4 aromatic rings. The largest absolute Gasteiger partial charge is 0.488 e. The minimum Gasteiger partial charge on any atom is -0.488 e. The Hall–Kier alpha value is -4.50. The van der Waals surface area contributed by atoms with E-state index < -0.39 is 10.8 Å². The number of aromatic nitrogens is 2. The third-order valence-corrected chi connectivity index (χ3v) is 5.01. The van der Waals surface area contributed by atoms with E-state index in [1.165, 1.54) is 24.4 Å². The van der Waals surface area contributed by atoms with Gasteiger partial charge in [-0.2, -0.15) is 10.2 Å². The molecule has 3 aromatic carbocycles. The molecule has 0 atom stereocenters. The molecule has 0 saturated heterocycles. The van der Waals surface area contributed by atoms with E-state index in [0.29, 0.717) is 34.2 Å². The molecule has 0 aliphatic rings. The number of aromatic amines is 1. The maximum Gasteiger partial charge on any atom is 0.289 e. The summed E-state index contributed by atoms with van der Waals surface area (Å²) < 4.78 is 5.96. The lowest BCUT2D eigenvalue weighted by Crippen LogP contribution is -2.18. The first-order valence-electron chi connectivity index (χ1n) is 10.1. The van der Waals surface area contributed by atoms with E-state index in [-0.39, 0.29) is 11.4 Å². The molecule has 170 valence electrons. The summed E-state index contributed by atoms with van der Waals surface area (Å²) in [4.78, 5) is 22.8. The molecular formula is C24H18ClN5O4. The fourth-order valence-electron chi connectivity index (χ4n) is 3.07. The Bertz CT molecular complexity index is 1350. The molecule has 2 N–H and O–H groups in total. The number of nitro groups is 1. The first kappa shape index (κ1) is 22.7. The van der Waals surface area contributed by atoms with Crippen molar-refractivity contribution in [3.63, 3.8) is 0 Å². The minimum atomic E-state index is -0.514. The zero-order valence-corrected chi connectivity index (χ0v) is 18.4. The number of ether oxygens (including phenoxy) is 1. The highest BCUT2D eigenvalue weighted by Gasteiger charge is 2.14. The van der Waals surface area contributed by atoms with Crippen LogP contribution in [0.2, 0.25) is 5.02 Å². The molecular weight excluding hydrogens is 458 g/mol. The maximum absolute atomic E-state index is 12.4. The van der Waals surface area contributed by atoms with Crippen LogP contribution in [0.3, 0.4) is 0 Å². The second kappa shape index (κ2) is 10.4. The lowest BCUT2D eigenvalue weighted by Gasteiger charge is -2.10. The van der Waals surface area contributed by atoms with Crippen molar-refractivity contribution in [2.45, 2.75) is 6.61 Å². The van der Waals surface area contributed by atoms with Crippen molar-refractivity contribution in [1.82, 2.24) is 15.6 Å². The van der Waals surface area contributed by atoms with Crippen LogP contribution >= 0.6 is 11.6 Å². The second-order valence-electron chi connectivity index (χ2n) is 7.13. The van der Waals surface area contributed by atoms with E-state index in [4.69, 9.17) is 16.3 Å². The number of non-ortho nitro benzene ring substituents is 1. The molecule has 0 fully saturated rings. The van der Waals surface area contributed by atoms with Gasteiger partial charge in [0, 0.05) is 28.3 Å². The van der Waals surface area contributed by atoms with Gasteiger partial charge < -0.3 is 4.74 Å². The summed E-state index contributed by atoms with van der Waals surface area (Å²) in [6.45, 7) is 0.346. The Balaban J connectivity index is 1.43. The summed E-state index contributed by atoms with van der Waals surface area (Å²) in [6, 6.07) is 22.2. The molecule has 1 aromatic heterocycles. The van der Waals surface area contributed by atoms with E-state index in [2.05, 4.69) is 20.7 Å². The van der Waals surface area contributed by atoms with E-state index in [0.717, 1.165) is 5.56 Å². The van der Waals surface area contributed by atoms with Crippen LogP contribution in [0, 0.1) is 10.1 Å². The lowest BCUT2D eigenvalue weighted by atomic mass is 10.1.